The average molecular weight is 345 g/mol. The van der Waals surface area contributed by atoms with Crippen molar-refractivity contribution in [2.24, 2.45) is 0 Å². The molecule has 0 unspecified atom stereocenters. The number of H-pyrrole nitrogens is 1. The molecule has 0 saturated heterocycles. The summed E-state index contributed by atoms with van der Waals surface area (Å²) in [4.78, 5) is 12.1. The van der Waals surface area contributed by atoms with Gasteiger partial charge in [-0.05, 0) is 23.9 Å². The van der Waals surface area contributed by atoms with Gasteiger partial charge in [0.2, 0.25) is 0 Å². The summed E-state index contributed by atoms with van der Waals surface area (Å²) in [5, 5.41) is 14.1. The highest BCUT2D eigenvalue weighted by Crippen LogP contribution is 2.33. The van der Waals surface area contributed by atoms with Crippen LogP contribution in [0.3, 0.4) is 0 Å². The number of carbonyl (C=O) groups excluding carboxylic acids is 1. The first-order valence-corrected chi connectivity index (χ1v) is 7.19. The summed E-state index contributed by atoms with van der Waals surface area (Å²) in [5.41, 5.74) is 2.41. The predicted octanol–water partition coefficient (Wildman–Crippen LogP) is 4.28. The number of benzene rings is 2. The van der Waals surface area contributed by atoms with Gasteiger partial charge in [0, 0.05) is 16.1 Å². The Labute approximate surface area is 129 Å². The van der Waals surface area contributed by atoms with Gasteiger partial charge >= 0.3 is 6.03 Å². The quantitative estimate of drug-likeness (QED) is 0.649. The van der Waals surface area contributed by atoms with Gasteiger partial charge in [0.15, 0.2) is 0 Å². The molecule has 0 aliphatic heterocycles. The summed E-state index contributed by atoms with van der Waals surface area (Å²) in [7, 11) is 0. The maximum Gasteiger partial charge on any atom is 0.323 e. The van der Waals surface area contributed by atoms with Gasteiger partial charge < -0.3 is 10.6 Å². The van der Waals surface area contributed by atoms with E-state index in [0.717, 1.165) is 26.5 Å². The maximum atomic E-state index is 12.1. The lowest BCUT2D eigenvalue weighted by Gasteiger charge is -2.13. The van der Waals surface area contributed by atoms with E-state index in [1.807, 2.05) is 37.3 Å². The first kappa shape index (κ1) is 13.6. The SMILES string of the molecule is Cc1cc(Br)c2ccccc2c1NC(=O)Nc1cn[nH]c1. The molecule has 1 aromatic heterocycles. The van der Waals surface area contributed by atoms with Crippen molar-refractivity contribution >= 4 is 44.1 Å². The van der Waals surface area contributed by atoms with E-state index in [-0.39, 0.29) is 6.03 Å². The Bertz CT molecular complexity index is 799. The zero-order chi connectivity index (χ0) is 14.8. The number of halogens is 1. The van der Waals surface area contributed by atoms with E-state index in [2.05, 4.69) is 36.8 Å². The van der Waals surface area contributed by atoms with Crippen molar-refractivity contribution in [3.63, 3.8) is 0 Å². The molecule has 0 spiro atoms. The molecule has 21 heavy (non-hydrogen) atoms. The van der Waals surface area contributed by atoms with Crippen molar-refractivity contribution in [1.82, 2.24) is 10.2 Å². The van der Waals surface area contributed by atoms with Crippen molar-refractivity contribution in [2.75, 3.05) is 10.6 Å². The van der Waals surface area contributed by atoms with Crippen LogP contribution in [0.4, 0.5) is 16.2 Å². The minimum absolute atomic E-state index is 0.299. The lowest BCUT2D eigenvalue weighted by atomic mass is 10.0. The normalized spacial score (nSPS) is 10.6. The number of nitrogens with zero attached hydrogens (tertiary/aromatic N) is 1. The molecule has 2 aromatic carbocycles. The van der Waals surface area contributed by atoms with Crippen LogP contribution in [0.25, 0.3) is 10.8 Å². The molecule has 5 nitrogen and oxygen atoms in total. The van der Waals surface area contributed by atoms with Gasteiger partial charge in [0.1, 0.15) is 0 Å². The third kappa shape index (κ3) is 2.75. The Kier molecular flexibility index (Phi) is 3.62. The van der Waals surface area contributed by atoms with Crippen LogP contribution in [-0.2, 0) is 0 Å². The second kappa shape index (κ2) is 5.57. The maximum absolute atomic E-state index is 12.1. The molecule has 3 N–H and O–H groups in total. The van der Waals surface area contributed by atoms with Gasteiger partial charge in [-0.15, -0.1) is 0 Å². The number of aromatic nitrogens is 2. The highest BCUT2D eigenvalue weighted by Gasteiger charge is 2.11. The molecule has 1 heterocycles. The molecule has 0 radical (unpaired) electrons. The Morgan fingerprint density at radius 2 is 2.00 bits per heavy atom. The van der Waals surface area contributed by atoms with E-state index in [1.165, 1.54) is 0 Å². The van der Waals surface area contributed by atoms with Crippen LogP contribution in [-0.4, -0.2) is 16.2 Å². The van der Waals surface area contributed by atoms with Crippen LogP contribution in [0.15, 0.2) is 47.2 Å². The van der Waals surface area contributed by atoms with Gasteiger partial charge in [0.25, 0.3) is 0 Å². The number of aromatic amines is 1. The monoisotopic (exact) mass is 344 g/mol. The summed E-state index contributed by atoms with van der Waals surface area (Å²) in [6.07, 6.45) is 3.16. The molecule has 3 rings (SSSR count). The third-order valence-electron chi connectivity index (χ3n) is 3.19. The molecular formula is C15H13BrN4O. The Morgan fingerprint density at radius 3 is 2.71 bits per heavy atom. The molecule has 0 bridgehead atoms. The van der Waals surface area contributed by atoms with Crippen LogP contribution in [0.5, 0.6) is 0 Å². The van der Waals surface area contributed by atoms with Crippen molar-refractivity contribution in [3.05, 3.63) is 52.8 Å². The number of anilines is 2. The van der Waals surface area contributed by atoms with Crippen molar-refractivity contribution in [1.29, 1.82) is 0 Å². The minimum Gasteiger partial charge on any atom is -0.307 e. The van der Waals surface area contributed by atoms with E-state index in [1.54, 1.807) is 12.4 Å². The largest absolute Gasteiger partial charge is 0.323 e. The molecule has 106 valence electrons. The lowest BCUT2D eigenvalue weighted by molar-refractivity contribution is 0.262. The summed E-state index contributed by atoms with van der Waals surface area (Å²) < 4.78 is 1.01. The second-order valence-corrected chi connectivity index (χ2v) is 5.52. The zero-order valence-corrected chi connectivity index (χ0v) is 12.9. The molecular weight excluding hydrogens is 332 g/mol. The molecule has 0 aliphatic rings. The Morgan fingerprint density at radius 1 is 1.24 bits per heavy atom. The predicted molar refractivity (Wildman–Crippen MR) is 87.6 cm³/mol. The standard InChI is InChI=1S/C15H13BrN4O/c1-9-6-13(16)11-4-2-3-5-12(11)14(9)20-15(21)19-10-7-17-18-8-10/h2-8H,1H3,(H,17,18)(H2,19,20,21). The average Bonchev–Trinajstić information content (AvgIpc) is 2.96. The highest BCUT2D eigenvalue weighted by atomic mass is 79.9. The number of amides is 2. The number of aryl methyl sites for hydroxylation is 1. The van der Waals surface area contributed by atoms with Gasteiger partial charge in [-0.1, -0.05) is 40.2 Å². The van der Waals surface area contributed by atoms with Crippen molar-refractivity contribution < 1.29 is 4.79 Å². The summed E-state index contributed by atoms with van der Waals surface area (Å²) in [6.45, 7) is 1.96. The summed E-state index contributed by atoms with van der Waals surface area (Å²) in [5.74, 6) is 0. The number of hydrogen-bond acceptors (Lipinski definition) is 2. The van der Waals surface area contributed by atoms with E-state index in [9.17, 15) is 4.79 Å². The van der Waals surface area contributed by atoms with Gasteiger partial charge in [-0.3, -0.25) is 5.10 Å². The molecule has 0 fully saturated rings. The van der Waals surface area contributed by atoms with E-state index in [0.29, 0.717) is 5.69 Å². The van der Waals surface area contributed by atoms with Crippen LogP contribution in [0.2, 0.25) is 0 Å². The number of hydrogen-bond donors (Lipinski definition) is 3. The van der Waals surface area contributed by atoms with Crippen LogP contribution in [0, 0.1) is 6.92 Å². The first-order chi connectivity index (χ1) is 10.1. The molecule has 0 saturated carbocycles. The fraction of sp³-hybridized carbons (Fsp3) is 0.0667. The van der Waals surface area contributed by atoms with E-state index >= 15 is 0 Å². The van der Waals surface area contributed by atoms with Crippen molar-refractivity contribution in [2.45, 2.75) is 6.92 Å². The van der Waals surface area contributed by atoms with Crippen molar-refractivity contribution in [3.8, 4) is 0 Å². The Balaban J connectivity index is 1.95. The third-order valence-corrected chi connectivity index (χ3v) is 3.84. The molecule has 3 aromatic rings. The van der Waals surface area contributed by atoms with Crippen LogP contribution >= 0.6 is 15.9 Å². The van der Waals surface area contributed by atoms with Crippen LogP contribution < -0.4 is 10.6 Å². The van der Waals surface area contributed by atoms with Gasteiger partial charge in [-0.25, -0.2) is 4.79 Å². The molecule has 0 aliphatic carbocycles. The fourth-order valence-electron chi connectivity index (χ4n) is 2.22. The zero-order valence-electron chi connectivity index (χ0n) is 11.3. The van der Waals surface area contributed by atoms with Gasteiger partial charge in [0.05, 0.1) is 17.6 Å². The Hall–Kier alpha value is -2.34. The van der Waals surface area contributed by atoms with Gasteiger partial charge in [-0.2, -0.15) is 5.10 Å². The first-order valence-electron chi connectivity index (χ1n) is 6.40. The highest BCUT2D eigenvalue weighted by molar-refractivity contribution is 9.10. The molecule has 2 amide bonds. The molecule has 6 heteroatoms. The number of carbonyl (C=O) groups is 1. The number of urea groups is 1. The summed E-state index contributed by atoms with van der Waals surface area (Å²) in [6, 6.07) is 9.62. The smallest absolute Gasteiger partial charge is 0.307 e. The lowest BCUT2D eigenvalue weighted by Crippen LogP contribution is -2.19. The second-order valence-electron chi connectivity index (χ2n) is 4.66. The number of fused-ring (bicyclic) bond motifs is 1. The fourth-order valence-corrected chi connectivity index (χ4v) is 2.91. The van der Waals surface area contributed by atoms with E-state index < -0.39 is 0 Å². The summed E-state index contributed by atoms with van der Waals surface area (Å²) >= 11 is 3.56. The van der Waals surface area contributed by atoms with E-state index in [4.69, 9.17) is 0 Å². The number of nitrogens with one attached hydrogen (secondary N) is 3. The van der Waals surface area contributed by atoms with Crippen LogP contribution in [0.1, 0.15) is 5.56 Å². The topological polar surface area (TPSA) is 69.8 Å². The number of rotatable bonds is 2. The minimum atomic E-state index is -0.299. The molecule has 0 atom stereocenters.